The Balaban J connectivity index is 2.53. The summed E-state index contributed by atoms with van der Waals surface area (Å²) in [5.74, 6) is 0.522. The van der Waals surface area contributed by atoms with E-state index in [0.717, 1.165) is 10.5 Å². The number of hydrogen-bond acceptors (Lipinski definition) is 3. The molecule has 1 radical (unpaired) electrons. The molecule has 1 aromatic rings. The number of rotatable bonds is 4. The van der Waals surface area contributed by atoms with Crippen LogP contribution in [0.4, 0.5) is 0 Å². The maximum Gasteiger partial charge on any atom is 0.232 e. The van der Waals surface area contributed by atoms with E-state index in [4.69, 9.17) is 16.3 Å². The van der Waals surface area contributed by atoms with Gasteiger partial charge >= 0.3 is 0 Å². The van der Waals surface area contributed by atoms with E-state index in [2.05, 4.69) is 39.0 Å². The normalized spacial score (nSPS) is 10.6. The second-order valence-corrected chi connectivity index (χ2v) is 7.20. The molecule has 0 atom stereocenters. The minimum absolute atomic E-state index is 0.210. The monoisotopic (exact) mass is 293 g/mol. The number of nitrogens with zero attached hydrogens (tertiary/aromatic N) is 2. The van der Waals surface area contributed by atoms with Gasteiger partial charge in [0, 0.05) is 15.0 Å². The fraction of sp³-hybridized carbons (Fsp3) is 0.500. The summed E-state index contributed by atoms with van der Waals surface area (Å²) in [4.78, 5) is 7.78. The molecule has 0 aliphatic rings. The number of halogens is 2. The van der Waals surface area contributed by atoms with Crippen LogP contribution in [-0.2, 0) is 0 Å². The molecule has 1 aromatic heterocycles. The van der Waals surface area contributed by atoms with Crippen LogP contribution in [0.1, 0.15) is 0 Å². The molecule has 0 fully saturated rings. The van der Waals surface area contributed by atoms with Crippen LogP contribution in [0.15, 0.2) is 10.7 Å². The zero-order valence-corrected chi connectivity index (χ0v) is 11.4. The van der Waals surface area contributed by atoms with Crippen LogP contribution in [0.25, 0.3) is 0 Å². The van der Waals surface area contributed by atoms with Crippen LogP contribution < -0.4 is 4.74 Å². The van der Waals surface area contributed by atoms with Crippen LogP contribution in [0.2, 0.25) is 24.4 Å². The lowest BCUT2D eigenvalue weighted by molar-refractivity contribution is 0.323. The van der Waals surface area contributed by atoms with E-state index in [1.165, 1.54) is 0 Å². The summed E-state index contributed by atoms with van der Waals surface area (Å²) in [6, 6.07) is 1.10. The van der Waals surface area contributed by atoms with E-state index in [0.29, 0.717) is 12.5 Å². The van der Waals surface area contributed by atoms with Gasteiger partial charge in [-0.1, -0.05) is 13.1 Å². The molecule has 1 heterocycles. The number of ether oxygens (including phenoxy) is 1. The van der Waals surface area contributed by atoms with Gasteiger partial charge in [-0.3, -0.25) is 0 Å². The Morgan fingerprint density at radius 2 is 2.29 bits per heavy atom. The number of aromatic nitrogens is 2. The predicted octanol–water partition coefficient (Wildman–Crippen LogP) is 3.03. The molecule has 0 aliphatic carbocycles. The highest BCUT2D eigenvalue weighted by Crippen LogP contribution is 2.22. The Bertz CT molecular complexity index is 311. The van der Waals surface area contributed by atoms with Gasteiger partial charge in [-0.05, 0) is 33.6 Å². The Labute approximate surface area is 98.6 Å². The molecule has 14 heavy (non-hydrogen) atoms. The lowest BCUT2D eigenvalue weighted by Gasteiger charge is -2.07. The third-order valence-electron chi connectivity index (χ3n) is 1.52. The Kier molecular flexibility index (Phi) is 4.84. The first-order valence-electron chi connectivity index (χ1n) is 4.19. The summed E-state index contributed by atoms with van der Waals surface area (Å²) in [5.41, 5.74) is 0. The molecule has 0 spiro atoms. The highest BCUT2D eigenvalue weighted by atomic mass is 79.9. The van der Waals surface area contributed by atoms with Gasteiger partial charge in [0.15, 0.2) is 0 Å². The summed E-state index contributed by atoms with van der Waals surface area (Å²) in [6.45, 7) is 5.18. The smallest absolute Gasteiger partial charge is 0.232 e. The lowest BCUT2D eigenvalue weighted by Crippen LogP contribution is -2.08. The van der Waals surface area contributed by atoms with Crippen LogP contribution in [0.5, 0.6) is 5.88 Å². The summed E-state index contributed by atoms with van der Waals surface area (Å²) in [6.07, 6.45) is 1.59. The molecule has 1 rings (SSSR count). The molecule has 0 bridgehead atoms. The Morgan fingerprint density at radius 1 is 1.57 bits per heavy atom. The largest absolute Gasteiger partial charge is 0.477 e. The molecule has 77 valence electrons. The second-order valence-electron chi connectivity index (χ2n) is 3.10. The fourth-order valence-electron chi connectivity index (χ4n) is 0.784. The van der Waals surface area contributed by atoms with Crippen molar-refractivity contribution in [2.45, 2.75) is 19.1 Å². The van der Waals surface area contributed by atoms with E-state index in [1.54, 1.807) is 6.20 Å². The summed E-state index contributed by atoms with van der Waals surface area (Å²) in [7, 11) is -0.244. The van der Waals surface area contributed by atoms with Gasteiger partial charge in [0.25, 0.3) is 0 Å². The quantitative estimate of drug-likeness (QED) is 0.632. The fourth-order valence-corrected chi connectivity index (χ4v) is 1.73. The first kappa shape index (κ1) is 11.9. The molecule has 0 amide bonds. The van der Waals surface area contributed by atoms with Crippen LogP contribution in [0, 0.1) is 0 Å². The van der Waals surface area contributed by atoms with Gasteiger partial charge < -0.3 is 4.74 Å². The van der Waals surface area contributed by atoms with Crippen molar-refractivity contribution >= 4 is 36.3 Å². The Hall–Kier alpha value is -0.133. The molecule has 6 heteroatoms. The van der Waals surface area contributed by atoms with E-state index in [9.17, 15) is 0 Å². The van der Waals surface area contributed by atoms with Crippen LogP contribution in [0.3, 0.4) is 0 Å². The van der Waals surface area contributed by atoms with Crippen molar-refractivity contribution in [1.82, 2.24) is 9.97 Å². The van der Waals surface area contributed by atoms with Crippen molar-refractivity contribution in [2.24, 2.45) is 0 Å². The highest BCUT2D eigenvalue weighted by Gasteiger charge is 2.05. The molecular weight excluding hydrogens is 284 g/mol. The number of hydrogen-bond donors (Lipinski definition) is 0. The average Bonchev–Trinajstić information content (AvgIpc) is 2.10. The molecule has 0 aliphatic heterocycles. The van der Waals surface area contributed by atoms with Crippen molar-refractivity contribution < 1.29 is 4.74 Å². The zero-order chi connectivity index (χ0) is 10.6. The molecule has 0 N–H and O–H groups in total. The van der Waals surface area contributed by atoms with E-state index >= 15 is 0 Å². The average molecular weight is 295 g/mol. The first-order valence-corrected chi connectivity index (χ1v) is 8.07. The minimum Gasteiger partial charge on any atom is -0.477 e. The summed E-state index contributed by atoms with van der Waals surface area (Å²) < 4.78 is 6.21. The van der Waals surface area contributed by atoms with Crippen molar-refractivity contribution in [3.8, 4) is 5.88 Å². The SMILES string of the molecule is C[Si](C)CCOc1nc(Cl)ncc1Br. The topological polar surface area (TPSA) is 35.0 Å². The lowest BCUT2D eigenvalue weighted by atomic mass is 10.6. The van der Waals surface area contributed by atoms with Crippen molar-refractivity contribution in [3.63, 3.8) is 0 Å². The van der Waals surface area contributed by atoms with Crippen molar-refractivity contribution in [2.75, 3.05) is 6.61 Å². The highest BCUT2D eigenvalue weighted by molar-refractivity contribution is 9.10. The van der Waals surface area contributed by atoms with Crippen LogP contribution in [-0.4, -0.2) is 25.4 Å². The van der Waals surface area contributed by atoms with Crippen LogP contribution >= 0.6 is 27.5 Å². The van der Waals surface area contributed by atoms with Gasteiger partial charge in [-0.15, -0.1) is 0 Å². The molecule has 0 saturated heterocycles. The van der Waals surface area contributed by atoms with E-state index < -0.39 is 0 Å². The third kappa shape index (κ3) is 3.94. The van der Waals surface area contributed by atoms with Gasteiger partial charge in [0.2, 0.25) is 11.2 Å². The van der Waals surface area contributed by atoms with Gasteiger partial charge in [-0.2, -0.15) is 4.98 Å². The summed E-state index contributed by atoms with van der Waals surface area (Å²) >= 11 is 8.94. The molecule has 0 unspecified atom stereocenters. The van der Waals surface area contributed by atoms with E-state index in [-0.39, 0.29) is 14.1 Å². The zero-order valence-electron chi connectivity index (χ0n) is 8.05. The first-order chi connectivity index (χ1) is 6.59. The maximum atomic E-state index is 5.64. The van der Waals surface area contributed by atoms with E-state index in [1.807, 2.05) is 0 Å². The third-order valence-corrected chi connectivity index (χ3v) is 3.45. The maximum absolute atomic E-state index is 5.64. The summed E-state index contributed by atoms with van der Waals surface area (Å²) in [5, 5.41) is 0.210. The van der Waals surface area contributed by atoms with Gasteiger partial charge in [0.1, 0.15) is 0 Å². The molecule has 3 nitrogen and oxygen atoms in total. The van der Waals surface area contributed by atoms with Crippen molar-refractivity contribution in [3.05, 3.63) is 16.0 Å². The molecule has 0 saturated carbocycles. The molecular formula is C8H11BrClN2OSi. The Morgan fingerprint density at radius 3 is 2.93 bits per heavy atom. The standard InChI is InChI=1S/C8H11BrClN2OSi/c1-14(2)4-3-13-7-6(9)5-11-8(10)12-7/h5H,3-4H2,1-2H3. The van der Waals surface area contributed by atoms with Gasteiger partial charge in [-0.25, -0.2) is 4.98 Å². The second kappa shape index (κ2) is 5.68. The minimum atomic E-state index is -0.244. The molecule has 0 aromatic carbocycles. The van der Waals surface area contributed by atoms with Crippen molar-refractivity contribution in [1.29, 1.82) is 0 Å². The van der Waals surface area contributed by atoms with Gasteiger partial charge in [0.05, 0.1) is 11.1 Å². The predicted molar refractivity (Wildman–Crippen MR) is 62.5 cm³/mol.